The molecule has 8 nitrogen and oxygen atoms in total. The van der Waals surface area contributed by atoms with Gasteiger partial charge in [-0.1, -0.05) is 0 Å². The van der Waals surface area contributed by atoms with Crippen LogP contribution >= 0.6 is 0 Å². The molecule has 0 amide bonds. The number of aryl methyl sites for hydroxylation is 2. The quantitative estimate of drug-likeness (QED) is 0.667. The molecule has 8 heteroatoms. The van der Waals surface area contributed by atoms with Crippen molar-refractivity contribution in [3.63, 3.8) is 0 Å². The van der Waals surface area contributed by atoms with Crippen molar-refractivity contribution in [3.8, 4) is 0 Å². The first-order chi connectivity index (χ1) is 8.58. The first-order valence-electron chi connectivity index (χ1n) is 5.56. The Balaban J connectivity index is 2.33. The molecule has 0 bridgehead atoms. The number of aliphatic carboxylic acids is 2. The summed E-state index contributed by atoms with van der Waals surface area (Å²) in [6, 6.07) is 0. The minimum Gasteiger partial charge on any atom is -0.481 e. The second kappa shape index (κ2) is 7.25. The standard InChI is InChI=1S/C10H14N4O4/c15-9(16)5-1-3-7-11-13-8(14-12-7)4-2-6-10(17)18/h1-6H2,(H,15,16)(H,17,18). The molecule has 0 saturated carbocycles. The van der Waals surface area contributed by atoms with Gasteiger partial charge in [0.25, 0.3) is 0 Å². The van der Waals surface area contributed by atoms with Crippen LogP contribution in [0.3, 0.4) is 0 Å². The van der Waals surface area contributed by atoms with E-state index in [4.69, 9.17) is 10.2 Å². The maximum atomic E-state index is 10.3. The normalized spacial score (nSPS) is 10.2. The predicted octanol–water partition coefficient (Wildman–Crippen LogP) is 0.0812. The summed E-state index contributed by atoms with van der Waals surface area (Å²) in [5.74, 6) is -0.918. The fraction of sp³-hybridized carbons (Fsp3) is 0.600. The van der Waals surface area contributed by atoms with Crippen LogP contribution in [0.15, 0.2) is 0 Å². The fourth-order valence-electron chi connectivity index (χ4n) is 1.27. The summed E-state index contributed by atoms with van der Waals surface area (Å²) >= 11 is 0. The molecular formula is C10H14N4O4. The summed E-state index contributed by atoms with van der Waals surface area (Å²) < 4.78 is 0. The zero-order valence-corrected chi connectivity index (χ0v) is 9.74. The molecule has 0 fully saturated rings. The summed E-state index contributed by atoms with van der Waals surface area (Å²) in [7, 11) is 0. The van der Waals surface area contributed by atoms with E-state index in [9.17, 15) is 9.59 Å². The van der Waals surface area contributed by atoms with E-state index in [1.807, 2.05) is 0 Å². The largest absolute Gasteiger partial charge is 0.481 e. The molecule has 0 aliphatic heterocycles. The lowest BCUT2D eigenvalue weighted by Crippen LogP contribution is -2.07. The Kier molecular flexibility index (Phi) is 5.62. The average molecular weight is 254 g/mol. The van der Waals surface area contributed by atoms with E-state index in [1.54, 1.807) is 0 Å². The molecule has 0 radical (unpaired) electrons. The SMILES string of the molecule is O=C(O)CCCc1nnc(CCCC(=O)O)nn1. The van der Waals surface area contributed by atoms with Gasteiger partial charge in [0, 0.05) is 25.7 Å². The topological polar surface area (TPSA) is 126 Å². The molecule has 2 N–H and O–H groups in total. The van der Waals surface area contributed by atoms with Crippen LogP contribution in [0, 0.1) is 0 Å². The van der Waals surface area contributed by atoms with Crippen LogP contribution in [-0.4, -0.2) is 42.5 Å². The minimum atomic E-state index is -0.860. The zero-order chi connectivity index (χ0) is 13.4. The van der Waals surface area contributed by atoms with Gasteiger partial charge >= 0.3 is 11.9 Å². The third-order valence-corrected chi connectivity index (χ3v) is 2.14. The highest BCUT2D eigenvalue weighted by atomic mass is 16.4. The number of aromatic nitrogens is 4. The van der Waals surface area contributed by atoms with Gasteiger partial charge in [-0.05, 0) is 12.8 Å². The number of nitrogens with zero attached hydrogens (tertiary/aromatic N) is 4. The lowest BCUT2D eigenvalue weighted by Gasteiger charge is -1.98. The minimum absolute atomic E-state index is 0.0592. The third-order valence-electron chi connectivity index (χ3n) is 2.14. The number of hydrogen-bond acceptors (Lipinski definition) is 6. The predicted molar refractivity (Wildman–Crippen MR) is 58.8 cm³/mol. The third kappa shape index (κ3) is 5.83. The fourth-order valence-corrected chi connectivity index (χ4v) is 1.27. The zero-order valence-electron chi connectivity index (χ0n) is 9.74. The second-order valence-electron chi connectivity index (χ2n) is 3.73. The van der Waals surface area contributed by atoms with E-state index in [1.165, 1.54) is 0 Å². The Hall–Kier alpha value is -2.12. The van der Waals surface area contributed by atoms with Crippen molar-refractivity contribution in [2.45, 2.75) is 38.5 Å². The maximum Gasteiger partial charge on any atom is 0.303 e. The van der Waals surface area contributed by atoms with E-state index in [2.05, 4.69) is 20.4 Å². The molecule has 0 saturated heterocycles. The summed E-state index contributed by atoms with van der Waals surface area (Å²) in [5.41, 5.74) is 0. The lowest BCUT2D eigenvalue weighted by molar-refractivity contribution is -0.138. The van der Waals surface area contributed by atoms with Crippen LogP contribution in [0.4, 0.5) is 0 Å². The van der Waals surface area contributed by atoms with Crippen molar-refractivity contribution in [2.75, 3.05) is 0 Å². The number of rotatable bonds is 8. The van der Waals surface area contributed by atoms with E-state index in [-0.39, 0.29) is 12.8 Å². The molecule has 0 unspecified atom stereocenters. The second-order valence-corrected chi connectivity index (χ2v) is 3.73. The summed E-state index contributed by atoms with van der Waals surface area (Å²) in [6.07, 6.45) is 1.84. The van der Waals surface area contributed by atoms with Gasteiger partial charge in [0.15, 0.2) is 11.6 Å². The Labute approximate surface area is 103 Å². The Bertz CT molecular complexity index is 368. The molecular weight excluding hydrogens is 240 g/mol. The smallest absolute Gasteiger partial charge is 0.303 e. The van der Waals surface area contributed by atoms with Crippen LogP contribution in [-0.2, 0) is 22.4 Å². The highest BCUT2D eigenvalue weighted by molar-refractivity contribution is 5.66. The Morgan fingerprint density at radius 2 is 1.11 bits per heavy atom. The molecule has 1 heterocycles. The van der Waals surface area contributed by atoms with Crippen molar-refractivity contribution in [3.05, 3.63) is 11.6 Å². The number of carboxylic acid groups (broad SMARTS) is 2. The number of carboxylic acids is 2. The van der Waals surface area contributed by atoms with Gasteiger partial charge in [-0.2, -0.15) is 0 Å². The van der Waals surface area contributed by atoms with Gasteiger partial charge in [-0.15, -0.1) is 20.4 Å². The van der Waals surface area contributed by atoms with Crippen LogP contribution < -0.4 is 0 Å². The highest BCUT2D eigenvalue weighted by Crippen LogP contribution is 2.00. The molecule has 18 heavy (non-hydrogen) atoms. The van der Waals surface area contributed by atoms with Gasteiger partial charge in [-0.25, -0.2) is 0 Å². The summed E-state index contributed by atoms with van der Waals surface area (Å²) in [5, 5.41) is 32.2. The molecule has 1 aromatic heterocycles. The lowest BCUT2D eigenvalue weighted by atomic mass is 10.2. The molecule has 0 atom stereocenters. The van der Waals surface area contributed by atoms with Gasteiger partial charge < -0.3 is 10.2 Å². The molecule has 1 aromatic rings. The molecule has 0 spiro atoms. The summed E-state index contributed by atoms with van der Waals surface area (Å²) in [6.45, 7) is 0. The van der Waals surface area contributed by atoms with Gasteiger partial charge in [0.05, 0.1) is 0 Å². The van der Waals surface area contributed by atoms with Crippen molar-refractivity contribution >= 4 is 11.9 Å². The van der Waals surface area contributed by atoms with E-state index in [0.717, 1.165) is 0 Å². The van der Waals surface area contributed by atoms with Gasteiger partial charge in [-0.3, -0.25) is 9.59 Å². The number of carbonyl (C=O) groups is 2. The highest BCUT2D eigenvalue weighted by Gasteiger charge is 2.04. The molecule has 0 aromatic carbocycles. The van der Waals surface area contributed by atoms with Crippen LogP contribution in [0.5, 0.6) is 0 Å². The van der Waals surface area contributed by atoms with Crippen molar-refractivity contribution in [2.24, 2.45) is 0 Å². The van der Waals surface area contributed by atoms with Crippen LogP contribution in [0.2, 0.25) is 0 Å². The first-order valence-corrected chi connectivity index (χ1v) is 5.56. The molecule has 0 aliphatic rings. The molecule has 0 aliphatic carbocycles. The van der Waals surface area contributed by atoms with E-state index >= 15 is 0 Å². The van der Waals surface area contributed by atoms with E-state index in [0.29, 0.717) is 37.3 Å². The van der Waals surface area contributed by atoms with Gasteiger partial charge in [0.2, 0.25) is 0 Å². The van der Waals surface area contributed by atoms with Crippen molar-refractivity contribution < 1.29 is 19.8 Å². The maximum absolute atomic E-state index is 10.3. The molecule has 98 valence electrons. The molecule has 1 rings (SSSR count). The monoisotopic (exact) mass is 254 g/mol. The number of hydrogen-bond donors (Lipinski definition) is 2. The van der Waals surface area contributed by atoms with Gasteiger partial charge in [0.1, 0.15) is 0 Å². The van der Waals surface area contributed by atoms with Crippen molar-refractivity contribution in [1.82, 2.24) is 20.4 Å². The average Bonchev–Trinajstić information content (AvgIpc) is 2.30. The van der Waals surface area contributed by atoms with Crippen molar-refractivity contribution in [1.29, 1.82) is 0 Å². The van der Waals surface area contributed by atoms with Crippen LogP contribution in [0.25, 0.3) is 0 Å². The van der Waals surface area contributed by atoms with E-state index < -0.39 is 11.9 Å². The Morgan fingerprint density at radius 1 is 0.778 bits per heavy atom. The first kappa shape index (κ1) is 13.9. The van der Waals surface area contributed by atoms with Crippen LogP contribution in [0.1, 0.15) is 37.3 Å². The summed E-state index contributed by atoms with van der Waals surface area (Å²) in [4.78, 5) is 20.6. The Morgan fingerprint density at radius 3 is 1.39 bits per heavy atom.